The van der Waals surface area contributed by atoms with E-state index in [2.05, 4.69) is 30.7 Å². The number of rotatable bonds is 1. The van der Waals surface area contributed by atoms with Crippen molar-refractivity contribution in [3.63, 3.8) is 0 Å². The molecule has 2 saturated heterocycles. The molecule has 0 N–H and O–H groups in total. The Morgan fingerprint density at radius 1 is 1.07 bits per heavy atom. The van der Waals surface area contributed by atoms with Crippen molar-refractivity contribution in [1.29, 1.82) is 0 Å². The van der Waals surface area contributed by atoms with Gasteiger partial charge in [0.25, 0.3) is 0 Å². The zero-order chi connectivity index (χ0) is 10.4. The monoisotopic (exact) mass is 198 g/mol. The molecule has 84 valence electrons. The molecule has 0 aromatic heterocycles. The van der Waals surface area contributed by atoms with Crippen LogP contribution >= 0.6 is 0 Å². The molecule has 0 amide bonds. The number of hydrogen-bond acceptors (Lipinski definition) is 2. The summed E-state index contributed by atoms with van der Waals surface area (Å²) in [6, 6.07) is 0.891. The van der Waals surface area contributed by atoms with Gasteiger partial charge >= 0.3 is 0 Å². The molecule has 2 fully saturated rings. The van der Waals surface area contributed by atoms with Crippen molar-refractivity contribution >= 4 is 0 Å². The van der Waals surface area contributed by atoms with Crippen LogP contribution < -0.4 is 0 Å². The molecule has 2 heteroatoms. The van der Waals surface area contributed by atoms with Gasteiger partial charge < -0.3 is 4.90 Å². The molecule has 0 aromatic rings. The summed E-state index contributed by atoms with van der Waals surface area (Å²) in [6.07, 6.45) is 5.51. The Hall–Kier alpha value is -0.0800. The van der Waals surface area contributed by atoms with Crippen molar-refractivity contribution in [3.05, 3.63) is 0 Å². The molecule has 2 aliphatic rings. The van der Waals surface area contributed by atoms with Gasteiger partial charge in [-0.15, -0.1) is 0 Å². The molecule has 2 aliphatic heterocycles. The summed E-state index contributed by atoms with van der Waals surface area (Å²) >= 11 is 0. The van der Waals surface area contributed by atoms with E-state index in [9.17, 15) is 0 Å². The van der Waals surface area contributed by atoms with Gasteiger partial charge in [-0.25, -0.2) is 0 Å². The first-order valence-corrected chi connectivity index (χ1v) is 6.20. The minimum atomic E-state index is 0.891. The van der Waals surface area contributed by atoms with Crippen molar-refractivity contribution in [3.8, 4) is 0 Å². The van der Waals surface area contributed by atoms with E-state index in [0.29, 0.717) is 0 Å². The van der Waals surface area contributed by atoms with Gasteiger partial charge in [0, 0.05) is 12.6 Å². The third kappa shape index (κ3) is 3.58. The minimum Gasteiger partial charge on any atom is -0.305 e. The van der Waals surface area contributed by atoms with Gasteiger partial charge in [0.05, 0.1) is 0 Å². The zero-order valence-corrected chi connectivity index (χ0v) is 10.1. The molecular weight excluding hydrogens is 172 g/mol. The Labute approximate surface area is 89.3 Å². The van der Waals surface area contributed by atoms with E-state index in [4.69, 9.17) is 0 Å². The molecule has 0 bridgehead atoms. The first-order valence-electron chi connectivity index (χ1n) is 6.20. The van der Waals surface area contributed by atoms with Crippen molar-refractivity contribution in [1.82, 2.24) is 9.80 Å². The van der Waals surface area contributed by atoms with Crippen LogP contribution in [0.25, 0.3) is 0 Å². The van der Waals surface area contributed by atoms with Crippen molar-refractivity contribution in [2.75, 3.05) is 33.2 Å². The summed E-state index contributed by atoms with van der Waals surface area (Å²) in [7, 11) is 2.23. The molecule has 0 saturated carbocycles. The largest absolute Gasteiger partial charge is 0.305 e. The molecule has 2 heterocycles. The van der Waals surface area contributed by atoms with E-state index < -0.39 is 0 Å². The molecule has 2 rings (SSSR count). The second-order valence-electron chi connectivity index (χ2n) is 4.65. The van der Waals surface area contributed by atoms with Crippen LogP contribution in [0.3, 0.4) is 0 Å². The predicted octanol–water partition coefficient (Wildman–Crippen LogP) is 2.20. The number of nitrogens with zero attached hydrogens (tertiary/aromatic N) is 2. The molecule has 0 radical (unpaired) electrons. The van der Waals surface area contributed by atoms with Crippen molar-refractivity contribution in [2.24, 2.45) is 0 Å². The van der Waals surface area contributed by atoms with Crippen LogP contribution in [-0.2, 0) is 0 Å². The maximum Gasteiger partial charge on any atom is 0.0235 e. The van der Waals surface area contributed by atoms with Crippen LogP contribution in [0.5, 0.6) is 0 Å². The van der Waals surface area contributed by atoms with Crippen LogP contribution in [0.2, 0.25) is 0 Å². The Kier molecular flexibility index (Phi) is 5.49. The normalized spacial score (nSPS) is 28.9. The molecule has 0 spiro atoms. The highest BCUT2D eigenvalue weighted by Gasteiger charge is 2.26. The average molecular weight is 198 g/mol. The third-order valence-corrected chi connectivity index (χ3v) is 3.02. The second kappa shape index (κ2) is 6.41. The summed E-state index contributed by atoms with van der Waals surface area (Å²) < 4.78 is 0. The van der Waals surface area contributed by atoms with E-state index in [0.717, 1.165) is 6.04 Å². The molecule has 2 nitrogen and oxygen atoms in total. The molecule has 0 aliphatic carbocycles. The standard InChI is InChI=1S/C9H18N2.C3H8/c1-10-7-4-9(8-10)11-5-2-3-6-11;1-3-2/h9H,2-8H2,1H3;3H2,1-2H3. The van der Waals surface area contributed by atoms with E-state index in [1.807, 2.05) is 0 Å². The fraction of sp³-hybridized carbons (Fsp3) is 1.00. The molecule has 1 atom stereocenters. The van der Waals surface area contributed by atoms with Crippen LogP contribution in [0.15, 0.2) is 0 Å². The van der Waals surface area contributed by atoms with Crippen LogP contribution in [0.1, 0.15) is 39.5 Å². The van der Waals surface area contributed by atoms with E-state index in [-0.39, 0.29) is 0 Å². The highest BCUT2D eigenvalue weighted by Crippen LogP contribution is 2.18. The molecule has 0 aromatic carbocycles. The SMILES string of the molecule is CCC.CN1CCC(N2CCCC2)C1. The molecule has 1 unspecified atom stereocenters. The highest BCUT2D eigenvalue weighted by atomic mass is 15.2. The topological polar surface area (TPSA) is 6.48 Å². The van der Waals surface area contributed by atoms with E-state index >= 15 is 0 Å². The lowest BCUT2D eigenvalue weighted by atomic mass is 10.2. The van der Waals surface area contributed by atoms with Gasteiger partial charge in [0.1, 0.15) is 0 Å². The lowest BCUT2D eigenvalue weighted by Gasteiger charge is -2.22. The first-order chi connectivity index (χ1) is 6.77. The molecule has 14 heavy (non-hydrogen) atoms. The van der Waals surface area contributed by atoms with Crippen LogP contribution in [0.4, 0.5) is 0 Å². The maximum absolute atomic E-state index is 2.67. The van der Waals surface area contributed by atoms with Gasteiger partial charge in [-0.3, -0.25) is 4.90 Å². The Balaban J connectivity index is 0.000000293. The summed E-state index contributed by atoms with van der Waals surface area (Å²) in [4.78, 5) is 5.12. The first kappa shape index (κ1) is 12.0. The van der Waals surface area contributed by atoms with Crippen molar-refractivity contribution < 1.29 is 0 Å². The summed E-state index contributed by atoms with van der Waals surface area (Å²) in [5, 5.41) is 0. The van der Waals surface area contributed by atoms with Crippen molar-refractivity contribution in [2.45, 2.75) is 45.6 Å². The second-order valence-corrected chi connectivity index (χ2v) is 4.65. The van der Waals surface area contributed by atoms with Crippen LogP contribution in [0, 0.1) is 0 Å². The number of hydrogen-bond donors (Lipinski definition) is 0. The average Bonchev–Trinajstić information content (AvgIpc) is 2.74. The number of likely N-dealkylation sites (tertiary alicyclic amines) is 2. The zero-order valence-electron chi connectivity index (χ0n) is 10.1. The van der Waals surface area contributed by atoms with Gasteiger partial charge in [-0.2, -0.15) is 0 Å². The Morgan fingerprint density at radius 2 is 1.64 bits per heavy atom. The van der Waals surface area contributed by atoms with Gasteiger partial charge in [0.15, 0.2) is 0 Å². The molecular formula is C12H26N2. The smallest absolute Gasteiger partial charge is 0.0235 e. The van der Waals surface area contributed by atoms with Gasteiger partial charge in [-0.1, -0.05) is 20.3 Å². The summed E-state index contributed by atoms with van der Waals surface area (Å²) in [5.74, 6) is 0. The highest BCUT2D eigenvalue weighted by molar-refractivity contribution is 4.83. The third-order valence-electron chi connectivity index (χ3n) is 3.02. The fourth-order valence-corrected chi connectivity index (χ4v) is 2.32. The quantitative estimate of drug-likeness (QED) is 0.637. The van der Waals surface area contributed by atoms with E-state index in [1.54, 1.807) is 0 Å². The Morgan fingerprint density at radius 3 is 2.07 bits per heavy atom. The van der Waals surface area contributed by atoms with E-state index in [1.165, 1.54) is 51.9 Å². The van der Waals surface area contributed by atoms with Gasteiger partial charge in [-0.05, 0) is 45.9 Å². The fourth-order valence-electron chi connectivity index (χ4n) is 2.32. The minimum absolute atomic E-state index is 0.891. The van der Waals surface area contributed by atoms with Crippen LogP contribution in [-0.4, -0.2) is 49.1 Å². The Bertz CT molecular complexity index is 141. The lowest BCUT2D eigenvalue weighted by Crippen LogP contribution is -2.34. The lowest BCUT2D eigenvalue weighted by molar-refractivity contribution is 0.242. The predicted molar refractivity (Wildman–Crippen MR) is 62.7 cm³/mol. The summed E-state index contributed by atoms with van der Waals surface area (Å²) in [6.45, 7) is 9.58. The maximum atomic E-state index is 2.67. The van der Waals surface area contributed by atoms with Gasteiger partial charge in [0.2, 0.25) is 0 Å². The number of likely N-dealkylation sites (N-methyl/N-ethyl adjacent to an activating group) is 1. The summed E-state index contributed by atoms with van der Waals surface area (Å²) in [5.41, 5.74) is 0.